The normalized spacial score (nSPS) is 21.3. The molecule has 0 aromatic carbocycles. The van der Waals surface area contributed by atoms with Crippen molar-refractivity contribution in [3.05, 3.63) is 24.0 Å². The number of piperidine rings is 1. The van der Waals surface area contributed by atoms with E-state index >= 15 is 0 Å². The van der Waals surface area contributed by atoms with Crippen LogP contribution in [0.2, 0.25) is 0 Å². The minimum atomic E-state index is 0.0156. The molecule has 1 aliphatic rings. The number of hydrogen-bond donors (Lipinski definition) is 1. The van der Waals surface area contributed by atoms with Crippen LogP contribution in [-0.2, 0) is 0 Å². The van der Waals surface area contributed by atoms with Crippen LogP contribution >= 0.6 is 0 Å². The van der Waals surface area contributed by atoms with Crippen molar-refractivity contribution in [3.63, 3.8) is 0 Å². The maximum atomic E-state index is 5.81. The summed E-state index contributed by atoms with van der Waals surface area (Å²) in [5, 5.41) is 0. The summed E-state index contributed by atoms with van der Waals surface area (Å²) >= 11 is 0. The van der Waals surface area contributed by atoms with Gasteiger partial charge in [-0.3, -0.25) is 4.98 Å². The fourth-order valence-corrected chi connectivity index (χ4v) is 2.50. The number of pyridine rings is 1. The minimum Gasteiger partial charge on any atom is -0.370 e. The van der Waals surface area contributed by atoms with E-state index in [0.29, 0.717) is 5.41 Å². The summed E-state index contributed by atoms with van der Waals surface area (Å²) in [4.78, 5) is 6.87. The van der Waals surface area contributed by atoms with E-state index < -0.39 is 0 Å². The van der Waals surface area contributed by atoms with Crippen molar-refractivity contribution in [2.45, 2.75) is 39.7 Å². The lowest BCUT2D eigenvalue weighted by Gasteiger charge is -2.39. The molecule has 1 saturated heterocycles. The molecule has 0 unspecified atom stereocenters. The highest BCUT2D eigenvalue weighted by atomic mass is 15.1. The van der Waals surface area contributed by atoms with E-state index in [1.54, 1.807) is 0 Å². The van der Waals surface area contributed by atoms with Gasteiger partial charge in [-0.2, -0.15) is 0 Å². The smallest absolute Gasteiger partial charge is 0.0569 e. The molecule has 1 aromatic rings. The van der Waals surface area contributed by atoms with Crippen molar-refractivity contribution in [1.82, 2.24) is 4.98 Å². The Labute approximate surface area is 104 Å². The molecule has 3 heteroatoms. The lowest BCUT2D eigenvalue weighted by Crippen LogP contribution is -2.40. The van der Waals surface area contributed by atoms with Gasteiger partial charge in [-0.15, -0.1) is 0 Å². The summed E-state index contributed by atoms with van der Waals surface area (Å²) < 4.78 is 0. The summed E-state index contributed by atoms with van der Waals surface area (Å²) in [6, 6.07) is 4.20. The van der Waals surface area contributed by atoms with Crippen LogP contribution < -0.4 is 10.6 Å². The average Bonchev–Trinajstić information content (AvgIpc) is 2.28. The lowest BCUT2D eigenvalue weighted by molar-refractivity contribution is 0.293. The highest BCUT2D eigenvalue weighted by Crippen LogP contribution is 2.31. The van der Waals surface area contributed by atoms with Gasteiger partial charge in [-0.25, -0.2) is 0 Å². The van der Waals surface area contributed by atoms with Crippen LogP contribution in [0, 0.1) is 5.41 Å². The Hall–Kier alpha value is -1.09. The Morgan fingerprint density at radius 3 is 2.71 bits per heavy atom. The van der Waals surface area contributed by atoms with Gasteiger partial charge < -0.3 is 10.6 Å². The summed E-state index contributed by atoms with van der Waals surface area (Å²) in [5.74, 6) is 0. The van der Waals surface area contributed by atoms with Crippen molar-refractivity contribution in [3.8, 4) is 0 Å². The number of hydrogen-bond acceptors (Lipinski definition) is 3. The molecule has 0 saturated carbocycles. The first kappa shape index (κ1) is 12.4. The molecule has 1 aliphatic heterocycles. The topological polar surface area (TPSA) is 42.1 Å². The second kappa shape index (κ2) is 4.65. The quantitative estimate of drug-likeness (QED) is 0.854. The standard InChI is InChI=1S/C14H23N3/c1-11(15)13-6-5-12(9-16-13)17-8-4-7-14(2,3)10-17/h5-6,9,11H,4,7-8,10,15H2,1-3H3/t11-/m0/s1. The van der Waals surface area contributed by atoms with Crippen LogP contribution in [0.5, 0.6) is 0 Å². The van der Waals surface area contributed by atoms with Gasteiger partial charge in [0, 0.05) is 19.1 Å². The number of rotatable bonds is 2. The van der Waals surface area contributed by atoms with Gasteiger partial charge in [-0.1, -0.05) is 13.8 Å². The van der Waals surface area contributed by atoms with Crippen LogP contribution in [0.1, 0.15) is 45.3 Å². The first-order chi connectivity index (χ1) is 7.98. The van der Waals surface area contributed by atoms with Gasteiger partial charge in [0.2, 0.25) is 0 Å². The van der Waals surface area contributed by atoms with E-state index in [1.165, 1.54) is 18.5 Å². The highest BCUT2D eigenvalue weighted by Gasteiger charge is 2.26. The SMILES string of the molecule is C[C@H](N)c1ccc(N2CCCC(C)(C)C2)cn1. The van der Waals surface area contributed by atoms with E-state index in [-0.39, 0.29) is 6.04 Å². The number of nitrogens with two attached hydrogens (primary N) is 1. The molecule has 2 rings (SSSR count). The summed E-state index contributed by atoms with van der Waals surface area (Å²) in [7, 11) is 0. The second-order valence-electron chi connectivity index (χ2n) is 5.92. The van der Waals surface area contributed by atoms with Gasteiger partial charge in [0.15, 0.2) is 0 Å². The van der Waals surface area contributed by atoms with E-state index in [0.717, 1.165) is 18.8 Å². The Kier molecular flexibility index (Phi) is 3.38. The lowest BCUT2D eigenvalue weighted by atomic mass is 9.84. The Morgan fingerprint density at radius 1 is 1.41 bits per heavy atom. The monoisotopic (exact) mass is 233 g/mol. The van der Waals surface area contributed by atoms with Crippen LogP contribution in [0.4, 0.5) is 5.69 Å². The molecule has 0 aliphatic carbocycles. The first-order valence-electron chi connectivity index (χ1n) is 6.44. The van der Waals surface area contributed by atoms with Crippen molar-refractivity contribution in [2.24, 2.45) is 11.1 Å². The molecule has 17 heavy (non-hydrogen) atoms. The molecule has 94 valence electrons. The molecule has 0 bridgehead atoms. The van der Waals surface area contributed by atoms with E-state index in [9.17, 15) is 0 Å². The zero-order chi connectivity index (χ0) is 12.5. The van der Waals surface area contributed by atoms with Crippen LogP contribution in [0.15, 0.2) is 18.3 Å². The van der Waals surface area contributed by atoms with Gasteiger partial charge >= 0.3 is 0 Å². The van der Waals surface area contributed by atoms with E-state index in [2.05, 4.69) is 29.8 Å². The van der Waals surface area contributed by atoms with Crippen molar-refractivity contribution in [2.75, 3.05) is 18.0 Å². The molecule has 0 radical (unpaired) electrons. The Morgan fingerprint density at radius 2 is 2.18 bits per heavy atom. The third kappa shape index (κ3) is 2.97. The molecule has 1 aromatic heterocycles. The van der Waals surface area contributed by atoms with Gasteiger partial charge in [-0.05, 0) is 37.3 Å². The summed E-state index contributed by atoms with van der Waals surface area (Å²) in [6.45, 7) is 8.90. The minimum absolute atomic E-state index is 0.0156. The molecular weight excluding hydrogens is 210 g/mol. The van der Waals surface area contributed by atoms with E-state index in [1.807, 2.05) is 19.2 Å². The zero-order valence-corrected chi connectivity index (χ0v) is 11.1. The van der Waals surface area contributed by atoms with Crippen molar-refractivity contribution < 1.29 is 0 Å². The Bertz CT molecular complexity index is 368. The summed E-state index contributed by atoms with van der Waals surface area (Å²) in [5.41, 5.74) is 8.41. The highest BCUT2D eigenvalue weighted by molar-refractivity contribution is 5.45. The predicted octanol–water partition coefficient (Wildman–Crippen LogP) is 2.73. The first-order valence-corrected chi connectivity index (χ1v) is 6.44. The predicted molar refractivity (Wildman–Crippen MR) is 72.1 cm³/mol. The number of aromatic nitrogens is 1. The maximum absolute atomic E-state index is 5.81. The molecule has 0 spiro atoms. The zero-order valence-electron chi connectivity index (χ0n) is 11.1. The molecular formula is C14H23N3. The van der Waals surface area contributed by atoms with Crippen molar-refractivity contribution >= 4 is 5.69 Å². The van der Waals surface area contributed by atoms with Crippen LogP contribution in [0.3, 0.4) is 0 Å². The van der Waals surface area contributed by atoms with Gasteiger partial charge in [0.05, 0.1) is 17.6 Å². The third-order valence-corrected chi connectivity index (χ3v) is 3.50. The Balaban J connectivity index is 2.12. The van der Waals surface area contributed by atoms with Crippen molar-refractivity contribution in [1.29, 1.82) is 0 Å². The molecule has 1 fully saturated rings. The second-order valence-corrected chi connectivity index (χ2v) is 5.92. The molecule has 2 N–H and O–H groups in total. The van der Waals surface area contributed by atoms with Crippen LogP contribution in [0.25, 0.3) is 0 Å². The fraction of sp³-hybridized carbons (Fsp3) is 0.643. The third-order valence-electron chi connectivity index (χ3n) is 3.50. The summed E-state index contributed by atoms with van der Waals surface area (Å²) in [6.07, 6.45) is 4.54. The van der Waals surface area contributed by atoms with Crippen LogP contribution in [-0.4, -0.2) is 18.1 Å². The molecule has 2 heterocycles. The van der Waals surface area contributed by atoms with Gasteiger partial charge in [0.1, 0.15) is 0 Å². The van der Waals surface area contributed by atoms with E-state index in [4.69, 9.17) is 5.73 Å². The molecule has 3 nitrogen and oxygen atoms in total. The maximum Gasteiger partial charge on any atom is 0.0569 e. The average molecular weight is 233 g/mol. The fourth-order valence-electron chi connectivity index (χ4n) is 2.50. The number of nitrogens with zero attached hydrogens (tertiary/aromatic N) is 2. The molecule has 1 atom stereocenters. The number of anilines is 1. The molecule has 0 amide bonds. The largest absolute Gasteiger partial charge is 0.370 e. The van der Waals surface area contributed by atoms with Gasteiger partial charge in [0.25, 0.3) is 0 Å².